The van der Waals surface area contributed by atoms with Gasteiger partial charge in [0.25, 0.3) is 0 Å². The van der Waals surface area contributed by atoms with Crippen molar-refractivity contribution in [3.63, 3.8) is 0 Å². The zero-order valence-electron chi connectivity index (χ0n) is 13.5. The summed E-state index contributed by atoms with van der Waals surface area (Å²) in [6.45, 7) is 0. The van der Waals surface area contributed by atoms with Gasteiger partial charge in [0, 0.05) is 0 Å². The van der Waals surface area contributed by atoms with Crippen LogP contribution in [0.4, 0.5) is 18.9 Å². The van der Waals surface area contributed by atoms with E-state index in [0.717, 1.165) is 0 Å². The zero-order chi connectivity index (χ0) is 19.9. The Bertz CT molecular complexity index is 788. The maximum Gasteiger partial charge on any atom is -1.00 e. The first-order valence-electron chi connectivity index (χ1n) is 6.91. The fourth-order valence-electron chi connectivity index (χ4n) is 1.69. The van der Waals surface area contributed by atoms with Gasteiger partial charge in [-0.25, -0.2) is 4.79 Å². The number of pyridine rings is 1. The molecule has 12 heteroatoms. The second-order valence-corrected chi connectivity index (χ2v) is 7.82. The van der Waals surface area contributed by atoms with E-state index in [1.807, 2.05) is 35.2 Å². The van der Waals surface area contributed by atoms with Crippen molar-refractivity contribution in [2.24, 2.45) is 0 Å². The number of carboxylic acids is 1. The number of halogens is 4. The van der Waals surface area contributed by atoms with Crippen LogP contribution in [0.15, 0.2) is 54.9 Å². The number of hydrogen-bond donors (Lipinski definition) is 1. The maximum absolute atomic E-state index is 12.3. The van der Waals surface area contributed by atoms with Gasteiger partial charge in [-0.15, -0.1) is 0 Å². The molecular weight excluding hydrogens is 626 g/mol. The van der Waals surface area contributed by atoms with E-state index in [9.17, 15) is 28.1 Å². The molecule has 0 saturated carbocycles. The van der Waals surface area contributed by atoms with E-state index in [-0.39, 0.29) is 58.1 Å². The van der Waals surface area contributed by atoms with Gasteiger partial charge in [-0.3, -0.25) is 0 Å². The van der Waals surface area contributed by atoms with Crippen LogP contribution in [0.25, 0.3) is 0 Å². The number of aliphatic carboxylic acids is 1. The topological polar surface area (TPSA) is 101 Å². The zero-order valence-corrected chi connectivity index (χ0v) is 20.6. The summed E-state index contributed by atoms with van der Waals surface area (Å²) in [6.07, 6.45) is -1.36. The van der Waals surface area contributed by atoms with Crippen LogP contribution in [0, 0.1) is 10.1 Å². The number of hydrogen-bond acceptors (Lipinski definition) is 4. The number of aromatic nitrogens is 1. The molecule has 141 valence electrons. The molecule has 1 N–H and O–H groups in total. The Kier molecular flexibility index (Phi) is 10.3. The van der Waals surface area contributed by atoms with Crippen LogP contribution in [-0.2, 0) is 30.9 Å². The molecule has 1 heterocycles. The standard InChI is InChI=1S/C13H10N2O3.C2HF3O2.BrH.Hg/c16-13(10-14-8-2-1-3-9-14)11-4-6-12(7-5-11)15(17)18;3-2(4,5)1(6)7;;/h1-10H;(H,6,7);1H;/q+1;;;/p-1. The molecule has 0 saturated heterocycles. The van der Waals surface area contributed by atoms with Crippen molar-refractivity contribution in [1.29, 1.82) is 0 Å². The molecule has 0 aliphatic rings. The number of nitro groups is 1. The number of alkyl halides is 3. The number of nitrogens with zero attached hydrogens (tertiary/aromatic N) is 2. The minimum atomic E-state index is -5.08. The number of nitro benzene ring substituents is 1. The van der Waals surface area contributed by atoms with Gasteiger partial charge in [-0.05, 0) is 0 Å². The normalized spacial score (nSPS) is 11.3. The third-order valence-corrected chi connectivity index (χ3v) is 6.09. The Balaban J connectivity index is 0.000000728. The molecule has 0 fully saturated rings. The molecule has 0 radical (unpaired) electrons. The molecular formula is C15H11BrF3HgN2O5. The van der Waals surface area contributed by atoms with E-state index in [1.54, 1.807) is 0 Å². The van der Waals surface area contributed by atoms with Gasteiger partial charge in [0.05, 0.1) is 0 Å². The second-order valence-electron chi connectivity index (χ2n) is 4.81. The third-order valence-electron chi connectivity index (χ3n) is 3.01. The van der Waals surface area contributed by atoms with E-state index in [2.05, 4.69) is 0 Å². The molecule has 1 atom stereocenters. The minimum Gasteiger partial charge on any atom is -1.00 e. The summed E-state index contributed by atoms with van der Waals surface area (Å²) < 4.78 is 33.5. The number of non-ortho nitro benzene ring substituents is 1. The predicted octanol–water partition coefficient (Wildman–Crippen LogP) is -0.552. The Morgan fingerprint density at radius 1 is 1.11 bits per heavy atom. The molecule has 2 rings (SSSR count). The van der Waals surface area contributed by atoms with Crippen LogP contribution in [0.2, 0.25) is 0 Å². The average molecular weight is 637 g/mol. The molecule has 0 spiro atoms. The Labute approximate surface area is 177 Å². The molecule has 1 aromatic carbocycles. The summed E-state index contributed by atoms with van der Waals surface area (Å²) in [5, 5.41) is 17.7. The molecule has 0 bridgehead atoms. The van der Waals surface area contributed by atoms with Crippen molar-refractivity contribution in [2.45, 2.75) is 9.73 Å². The summed E-state index contributed by atoms with van der Waals surface area (Å²) in [5.41, 5.74) is 0.515. The first kappa shape index (κ1) is 25.1. The van der Waals surface area contributed by atoms with Crippen LogP contribution in [0.3, 0.4) is 0 Å². The molecule has 27 heavy (non-hydrogen) atoms. The fraction of sp³-hybridized carbons (Fsp3) is 0.133. The van der Waals surface area contributed by atoms with Crippen molar-refractivity contribution >= 4 is 17.4 Å². The molecule has 7 nitrogen and oxygen atoms in total. The average Bonchev–Trinajstić information content (AvgIpc) is 2.61. The minimum absolute atomic E-state index is 0. The molecule has 0 aliphatic carbocycles. The fourth-order valence-corrected chi connectivity index (χ4v) is 3.56. The van der Waals surface area contributed by atoms with Gasteiger partial charge >= 0.3 is 138 Å². The van der Waals surface area contributed by atoms with Crippen LogP contribution in [0.5, 0.6) is 0 Å². The van der Waals surface area contributed by atoms with Crippen LogP contribution in [0.1, 0.15) is 13.9 Å². The summed E-state index contributed by atoms with van der Waals surface area (Å²) in [6, 6.07) is 11.4. The summed E-state index contributed by atoms with van der Waals surface area (Å²) in [7, 11) is 0. The van der Waals surface area contributed by atoms with Gasteiger partial charge in [-0.1, -0.05) is 0 Å². The van der Waals surface area contributed by atoms with Crippen LogP contribution < -0.4 is 21.5 Å². The smallest absolute Gasteiger partial charge is 1.00 e. The number of carbonyl (C=O) groups is 2. The largest absolute Gasteiger partial charge is 1.00 e. The number of ketones is 1. The summed E-state index contributed by atoms with van der Waals surface area (Å²) >= 11 is 0.219. The van der Waals surface area contributed by atoms with Gasteiger partial charge in [-0.2, -0.15) is 13.2 Å². The van der Waals surface area contributed by atoms with Crippen molar-refractivity contribution in [1.82, 2.24) is 0 Å². The molecule has 0 amide bonds. The van der Waals surface area contributed by atoms with Gasteiger partial charge in [0.2, 0.25) is 0 Å². The Morgan fingerprint density at radius 2 is 1.56 bits per heavy atom. The van der Waals surface area contributed by atoms with E-state index in [4.69, 9.17) is 9.90 Å². The van der Waals surface area contributed by atoms with E-state index < -0.39 is 17.1 Å². The molecule has 1 aromatic heterocycles. The van der Waals surface area contributed by atoms with E-state index in [1.165, 1.54) is 24.3 Å². The summed E-state index contributed by atoms with van der Waals surface area (Å²) in [4.78, 5) is 31.3. The summed E-state index contributed by atoms with van der Waals surface area (Å²) in [5.74, 6) is -2.75. The number of Topliss-reactive ketones (excluding diaryl/α,β-unsaturated/α-hetero) is 1. The molecule has 1 unspecified atom stereocenters. The second kappa shape index (κ2) is 11.1. The first-order chi connectivity index (χ1) is 12.0. The number of carboxylic acid groups (broad SMARTS) is 1. The Hall–Kier alpha value is -1.88. The molecule has 0 aliphatic heterocycles. The Morgan fingerprint density at radius 3 is 1.93 bits per heavy atom. The van der Waals surface area contributed by atoms with Gasteiger partial charge in [0.1, 0.15) is 0 Å². The van der Waals surface area contributed by atoms with Crippen molar-refractivity contribution in [2.75, 3.05) is 0 Å². The van der Waals surface area contributed by atoms with E-state index in [0.29, 0.717) is 5.56 Å². The SMILES string of the molecule is O=C(O)C(F)(F)F.O=C(c1ccc([N+](=O)[O-])cc1)[CH]([Hg])[n+]1ccccc1.[Br-]. The van der Waals surface area contributed by atoms with Crippen molar-refractivity contribution in [3.05, 3.63) is 70.5 Å². The van der Waals surface area contributed by atoms with Gasteiger partial charge < -0.3 is 22.1 Å². The number of benzene rings is 1. The van der Waals surface area contributed by atoms with Crippen molar-refractivity contribution < 1.29 is 80.5 Å². The van der Waals surface area contributed by atoms with Gasteiger partial charge in [0.15, 0.2) is 0 Å². The number of rotatable bonds is 4. The quantitative estimate of drug-likeness (QED) is 0.160. The molecule has 2 aromatic rings. The van der Waals surface area contributed by atoms with E-state index >= 15 is 0 Å². The maximum atomic E-state index is 12.3. The third kappa shape index (κ3) is 8.12. The monoisotopic (exact) mass is 637 g/mol. The van der Waals surface area contributed by atoms with Crippen LogP contribution in [-0.4, -0.2) is 28.0 Å². The van der Waals surface area contributed by atoms with Crippen LogP contribution >= 0.6 is 0 Å². The van der Waals surface area contributed by atoms with Crippen molar-refractivity contribution in [3.8, 4) is 0 Å². The number of carbonyl (C=O) groups excluding carboxylic acids is 1. The predicted molar refractivity (Wildman–Crippen MR) is 76.8 cm³/mol. The first-order valence-corrected chi connectivity index (χ1v) is 10.1.